The molecule has 0 aliphatic carbocycles. The molecular formula is C8H11CuN4O5+. The number of H-pyrrole nitrogens is 2. The second kappa shape index (κ2) is 8.93. The minimum atomic E-state index is -1.82. The van der Waals surface area contributed by atoms with Crippen molar-refractivity contribution < 1.29 is 42.3 Å². The average molecular weight is 307 g/mol. The Kier molecular flexibility index (Phi) is 9.04. The summed E-state index contributed by atoms with van der Waals surface area (Å²) in [5.74, 6) is -2.11. The summed E-state index contributed by atoms with van der Waals surface area (Å²) in [6, 6.07) is 0. The van der Waals surface area contributed by atoms with Crippen molar-refractivity contribution in [1.82, 2.24) is 19.9 Å². The van der Waals surface area contributed by atoms with Crippen molar-refractivity contribution in [2.45, 2.75) is 0 Å². The van der Waals surface area contributed by atoms with Gasteiger partial charge in [-0.25, -0.2) is 19.6 Å². The monoisotopic (exact) mass is 306 g/mol. The maximum Gasteiger partial charge on any atom is 0.414 e. The first-order valence-electron chi connectivity index (χ1n) is 4.06. The van der Waals surface area contributed by atoms with Crippen LogP contribution >= 0.6 is 0 Å². The van der Waals surface area contributed by atoms with Gasteiger partial charge in [-0.15, -0.1) is 0 Å². The summed E-state index contributed by atoms with van der Waals surface area (Å²) in [6.07, 6.45) is 6.91. The van der Waals surface area contributed by atoms with Crippen LogP contribution in [0.3, 0.4) is 0 Å². The SMILES string of the molecule is O=C(O)C(=O)O.[Cu].[OH3+].c1c[nH]c(-c2ncc[nH]2)n1. The second-order valence-electron chi connectivity index (χ2n) is 2.49. The van der Waals surface area contributed by atoms with Crippen molar-refractivity contribution in [3.8, 4) is 11.6 Å². The van der Waals surface area contributed by atoms with Gasteiger partial charge in [0, 0.05) is 41.9 Å². The normalized spacial score (nSPS) is 8.00. The third-order valence-corrected chi connectivity index (χ3v) is 1.40. The molecule has 7 N–H and O–H groups in total. The average Bonchev–Trinajstić information content (AvgIpc) is 2.91. The van der Waals surface area contributed by atoms with Gasteiger partial charge in [0.05, 0.1) is 0 Å². The summed E-state index contributed by atoms with van der Waals surface area (Å²) in [5, 5.41) is 14.8. The summed E-state index contributed by atoms with van der Waals surface area (Å²) in [7, 11) is 0. The number of nitrogens with zero attached hydrogens (tertiary/aromatic N) is 2. The number of aliphatic carboxylic acids is 2. The Bertz CT molecular complexity index is 412. The zero-order valence-electron chi connectivity index (χ0n) is 8.79. The predicted octanol–water partition coefficient (Wildman–Crippen LogP) is -0.969. The minimum absolute atomic E-state index is 0. The molecule has 2 rings (SSSR count). The molecule has 9 nitrogen and oxygen atoms in total. The van der Waals surface area contributed by atoms with E-state index in [1.165, 1.54) is 0 Å². The van der Waals surface area contributed by atoms with Crippen LogP contribution in [0.2, 0.25) is 0 Å². The largest absolute Gasteiger partial charge is 0.473 e. The van der Waals surface area contributed by atoms with E-state index in [-0.39, 0.29) is 22.5 Å². The fourth-order valence-corrected chi connectivity index (χ4v) is 0.790. The van der Waals surface area contributed by atoms with Crippen LogP contribution < -0.4 is 0 Å². The molecule has 10 heteroatoms. The van der Waals surface area contributed by atoms with E-state index in [4.69, 9.17) is 19.8 Å². The Hall–Kier alpha value is -2.16. The molecule has 0 bridgehead atoms. The van der Waals surface area contributed by atoms with Crippen molar-refractivity contribution in [2.24, 2.45) is 0 Å². The van der Waals surface area contributed by atoms with Crippen molar-refractivity contribution in [2.75, 3.05) is 0 Å². The van der Waals surface area contributed by atoms with Crippen LogP contribution in [0.4, 0.5) is 0 Å². The van der Waals surface area contributed by atoms with Crippen LogP contribution in [0.1, 0.15) is 0 Å². The first-order chi connectivity index (χ1) is 7.61. The van der Waals surface area contributed by atoms with E-state index in [1.54, 1.807) is 24.8 Å². The molecule has 0 atom stereocenters. The van der Waals surface area contributed by atoms with Crippen LogP contribution in [0, 0.1) is 0 Å². The Labute approximate surface area is 111 Å². The predicted molar refractivity (Wildman–Crippen MR) is 56.3 cm³/mol. The number of rotatable bonds is 1. The van der Waals surface area contributed by atoms with Gasteiger partial charge in [0.1, 0.15) is 0 Å². The summed E-state index contributed by atoms with van der Waals surface area (Å²) in [6.45, 7) is 0. The van der Waals surface area contributed by atoms with Gasteiger partial charge >= 0.3 is 11.9 Å². The molecule has 0 aliphatic rings. The Balaban J connectivity index is 0. The van der Waals surface area contributed by atoms with E-state index in [0.717, 1.165) is 11.6 Å². The van der Waals surface area contributed by atoms with Gasteiger partial charge in [-0.3, -0.25) is 0 Å². The van der Waals surface area contributed by atoms with E-state index in [9.17, 15) is 0 Å². The summed E-state index contributed by atoms with van der Waals surface area (Å²) < 4.78 is 0. The number of carboxylic acid groups (broad SMARTS) is 2. The number of aromatic nitrogens is 4. The molecule has 2 aromatic heterocycles. The zero-order chi connectivity index (χ0) is 12.0. The van der Waals surface area contributed by atoms with Gasteiger partial charge in [0.25, 0.3) is 0 Å². The molecular weight excluding hydrogens is 296 g/mol. The van der Waals surface area contributed by atoms with Gasteiger partial charge in [0.15, 0.2) is 11.6 Å². The molecule has 0 saturated heterocycles. The molecule has 1 radical (unpaired) electrons. The molecule has 0 spiro atoms. The number of carboxylic acids is 2. The molecule has 0 unspecified atom stereocenters. The van der Waals surface area contributed by atoms with Gasteiger partial charge in [-0.1, -0.05) is 0 Å². The second-order valence-corrected chi connectivity index (χ2v) is 2.49. The topological polar surface area (TPSA) is 165 Å². The Morgan fingerprint density at radius 2 is 1.28 bits per heavy atom. The maximum absolute atomic E-state index is 9.10. The summed E-state index contributed by atoms with van der Waals surface area (Å²) >= 11 is 0. The molecule has 103 valence electrons. The van der Waals surface area contributed by atoms with Crippen LogP contribution in [0.15, 0.2) is 24.8 Å². The van der Waals surface area contributed by atoms with E-state index >= 15 is 0 Å². The number of aromatic amines is 2. The quantitative estimate of drug-likeness (QED) is 0.300. The van der Waals surface area contributed by atoms with Crippen molar-refractivity contribution in [1.29, 1.82) is 0 Å². The van der Waals surface area contributed by atoms with Crippen LogP contribution in [-0.2, 0) is 32.1 Å². The molecule has 0 amide bonds. The smallest absolute Gasteiger partial charge is 0.414 e. The Morgan fingerprint density at radius 3 is 1.44 bits per heavy atom. The molecule has 0 fully saturated rings. The van der Waals surface area contributed by atoms with E-state index in [2.05, 4.69) is 19.9 Å². The third-order valence-electron chi connectivity index (χ3n) is 1.40. The van der Waals surface area contributed by atoms with Crippen LogP contribution in [0.25, 0.3) is 11.6 Å². The molecule has 0 saturated carbocycles. The first-order valence-corrected chi connectivity index (χ1v) is 4.06. The number of carbonyl (C=O) groups is 2. The van der Waals surface area contributed by atoms with E-state index in [0.29, 0.717) is 0 Å². The number of imidazole rings is 2. The van der Waals surface area contributed by atoms with E-state index < -0.39 is 11.9 Å². The van der Waals surface area contributed by atoms with Crippen molar-refractivity contribution in [3.63, 3.8) is 0 Å². The molecule has 0 aliphatic heterocycles. The molecule has 0 aromatic carbocycles. The fourth-order valence-electron chi connectivity index (χ4n) is 0.790. The van der Waals surface area contributed by atoms with Gasteiger partial charge in [0.2, 0.25) is 0 Å². The standard InChI is InChI=1S/C6H6N4.C2H2O4.Cu.H2O/c1-2-8-5(7-1)6-9-3-4-10-6;3-1(4)2(5)6;;/h1-4H,(H,7,8)(H,9,10);(H,3,4)(H,5,6);;1H2/p+1. The number of hydrogen-bond donors (Lipinski definition) is 4. The summed E-state index contributed by atoms with van der Waals surface area (Å²) in [5.41, 5.74) is 0. The molecule has 2 aromatic rings. The van der Waals surface area contributed by atoms with Crippen LogP contribution in [-0.4, -0.2) is 42.1 Å². The van der Waals surface area contributed by atoms with Crippen molar-refractivity contribution >= 4 is 11.9 Å². The molecule has 2 heterocycles. The summed E-state index contributed by atoms with van der Waals surface area (Å²) in [4.78, 5) is 32.1. The van der Waals surface area contributed by atoms with Crippen LogP contribution in [0.5, 0.6) is 0 Å². The first kappa shape index (κ1) is 18.2. The fraction of sp³-hybridized carbons (Fsp3) is 0. The third kappa shape index (κ3) is 5.80. The van der Waals surface area contributed by atoms with Crippen molar-refractivity contribution in [3.05, 3.63) is 24.8 Å². The van der Waals surface area contributed by atoms with E-state index in [1.807, 2.05) is 0 Å². The van der Waals surface area contributed by atoms with Gasteiger partial charge in [-0.05, 0) is 0 Å². The number of nitrogens with one attached hydrogen (secondary N) is 2. The number of hydrogen-bond acceptors (Lipinski definition) is 4. The molecule has 18 heavy (non-hydrogen) atoms. The van der Waals surface area contributed by atoms with Gasteiger partial charge in [-0.2, -0.15) is 0 Å². The minimum Gasteiger partial charge on any atom is -0.473 e. The zero-order valence-corrected chi connectivity index (χ0v) is 9.74. The maximum atomic E-state index is 9.10. The van der Waals surface area contributed by atoms with Gasteiger partial charge < -0.3 is 25.7 Å². The Morgan fingerprint density at radius 1 is 0.944 bits per heavy atom.